The van der Waals surface area contributed by atoms with Gasteiger partial charge in [-0.05, 0) is 54.4 Å². The number of benzene rings is 3. The molecule has 0 spiro atoms. The Kier molecular flexibility index (Phi) is 8.59. The number of ether oxygens (including phenoxy) is 3. The van der Waals surface area contributed by atoms with Gasteiger partial charge in [-0.25, -0.2) is 14.0 Å². The fraction of sp³-hybridized carbons (Fsp3) is 0.333. The van der Waals surface area contributed by atoms with Crippen molar-refractivity contribution in [2.45, 2.75) is 38.0 Å². The normalized spacial score (nSPS) is 16.6. The first-order valence-electron chi connectivity index (χ1n) is 12.7. The fourth-order valence-corrected chi connectivity index (χ4v) is 4.57. The number of amides is 2. The topological polar surface area (TPSA) is 88.5 Å². The first-order valence-corrected chi connectivity index (χ1v) is 12.7. The molecule has 1 saturated heterocycles. The number of nitrogens with zero attached hydrogens (tertiary/aromatic N) is 2. The third-order valence-corrected chi connectivity index (χ3v) is 6.87. The largest absolute Gasteiger partial charge is 0.497 e. The summed E-state index contributed by atoms with van der Waals surface area (Å²) in [5.41, 5.74) is 0.0604. The Balaban J connectivity index is 1.29. The number of likely N-dealkylation sites (N-methyl/N-ethyl adjacent to an activating group) is 1. The van der Waals surface area contributed by atoms with Crippen LogP contribution in [0, 0.1) is 5.82 Å². The number of carbonyl (C=O) groups excluding carboxylic acids is 1. The van der Waals surface area contributed by atoms with Crippen LogP contribution in [0.5, 0.6) is 17.2 Å². The van der Waals surface area contributed by atoms with Gasteiger partial charge in [0.1, 0.15) is 11.5 Å². The zero-order valence-electron chi connectivity index (χ0n) is 22.3. The highest BCUT2D eigenvalue weighted by molar-refractivity contribution is 5.78. The van der Waals surface area contributed by atoms with Crippen LogP contribution in [-0.4, -0.2) is 65.9 Å². The second-order valence-electron chi connectivity index (χ2n) is 9.81. The summed E-state index contributed by atoms with van der Waals surface area (Å²) in [5.74, 6) is -0.534. The number of carbonyl (C=O) groups is 2. The van der Waals surface area contributed by atoms with Gasteiger partial charge in [0.25, 0.3) is 0 Å². The average Bonchev–Trinajstić information content (AvgIpc) is 3.18. The van der Waals surface area contributed by atoms with Crippen molar-refractivity contribution in [3.63, 3.8) is 0 Å². The second-order valence-corrected chi connectivity index (χ2v) is 9.81. The molecule has 3 aromatic rings. The minimum Gasteiger partial charge on any atom is -0.497 e. The highest BCUT2D eigenvalue weighted by Gasteiger charge is 2.37. The third kappa shape index (κ3) is 6.79. The lowest BCUT2D eigenvalue weighted by molar-refractivity contribution is -0.153. The molecule has 1 aliphatic rings. The maximum Gasteiger partial charge on any atom is 0.348 e. The summed E-state index contributed by atoms with van der Waals surface area (Å²) in [7, 11) is 3.42. The molecule has 0 radical (unpaired) electrons. The monoisotopic (exact) mass is 536 g/mol. The van der Waals surface area contributed by atoms with Gasteiger partial charge in [-0.3, -0.25) is 0 Å². The number of methoxy groups -OCH3 is 1. The van der Waals surface area contributed by atoms with Gasteiger partial charge in [0, 0.05) is 33.0 Å². The molecule has 1 N–H and O–H groups in total. The molecule has 0 aromatic heterocycles. The molecule has 9 heteroatoms. The molecule has 4 rings (SSSR count). The standard InChI is InChI=1S/C30H33FN2O6/c1-30(28(34)35,39-27-10-5-4-9-26(27)31)18-21-11-13-24(14-12-21)38-16-15-23-20-33(29(36)32(23)2)19-22-7-6-8-25(17-22)37-3/h4-14,17,23H,15-16,18-20H2,1-3H3,(H,34,35)/t23-,30-/m0/s1. The Morgan fingerprint density at radius 3 is 2.49 bits per heavy atom. The number of halogens is 1. The van der Waals surface area contributed by atoms with E-state index < -0.39 is 17.4 Å². The Morgan fingerprint density at radius 2 is 1.79 bits per heavy atom. The zero-order valence-corrected chi connectivity index (χ0v) is 22.3. The molecular formula is C30H33FN2O6. The summed E-state index contributed by atoms with van der Waals surface area (Å²) in [5, 5.41) is 9.78. The number of carboxylic acids is 1. The van der Waals surface area contributed by atoms with Crippen LogP contribution < -0.4 is 14.2 Å². The molecule has 2 atom stereocenters. The minimum absolute atomic E-state index is 0.0220. The van der Waals surface area contributed by atoms with E-state index in [1.807, 2.05) is 29.2 Å². The van der Waals surface area contributed by atoms with Crippen molar-refractivity contribution in [2.24, 2.45) is 0 Å². The van der Waals surface area contributed by atoms with E-state index in [0.717, 1.165) is 11.3 Å². The lowest BCUT2D eigenvalue weighted by Gasteiger charge is -2.26. The van der Waals surface area contributed by atoms with Gasteiger partial charge >= 0.3 is 12.0 Å². The van der Waals surface area contributed by atoms with Crippen molar-refractivity contribution >= 4 is 12.0 Å². The molecule has 206 valence electrons. The molecular weight excluding hydrogens is 503 g/mol. The number of urea groups is 1. The number of para-hydroxylation sites is 1. The van der Waals surface area contributed by atoms with E-state index in [-0.39, 0.29) is 24.2 Å². The molecule has 8 nitrogen and oxygen atoms in total. The van der Waals surface area contributed by atoms with Crippen LogP contribution in [0.1, 0.15) is 24.5 Å². The van der Waals surface area contributed by atoms with Crippen LogP contribution in [0.3, 0.4) is 0 Å². The van der Waals surface area contributed by atoms with Crippen molar-refractivity contribution in [2.75, 3.05) is 27.3 Å². The summed E-state index contributed by atoms with van der Waals surface area (Å²) < 4.78 is 30.8. The van der Waals surface area contributed by atoms with Gasteiger partial charge < -0.3 is 29.1 Å². The van der Waals surface area contributed by atoms with Crippen molar-refractivity contribution in [3.05, 3.63) is 89.7 Å². The molecule has 1 heterocycles. The average molecular weight is 537 g/mol. The molecule has 0 saturated carbocycles. The van der Waals surface area contributed by atoms with Crippen molar-refractivity contribution in [1.29, 1.82) is 0 Å². The van der Waals surface area contributed by atoms with E-state index in [2.05, 4.69) is 0 Å². The van der Waals surface area contributed by atoms with Crippen LogP contribution >= 0.6 is 0 Å². The fourth-order valence-electron chi connectivity index (χ4n) is 4.57. The lowest BCUT2D eigenvalue weighted by Crippen LogP contribution is -2.43. The van der Waals surface area contributed by atoms with E-state index in [1.165, 1.54) is 25.1 Å². The summed E-state index contributed by atoms with van der Waals surface area (Å²) in [4.78, 5) is 28.3. The summed E-state index contributed by atoms with van der Waals surface area (Å²) >= 11 is 0. The predicted molar refractivity (Wildman–Crippen MR) is 144 cm³/mol. The molecule has 2 amide bonds. The molecule has 3 aromatic carbocycles. The Hall–Kier alpha value is -4.27. The van der Waals surface area contributed by atoms with Gasteiger partial charge in [-0.1, -0.05) is 36.4 Å². The third-order valence-electron chi connectivity index (χ3n) is 6.87. The number of carboxylic acid groups (broad SMARTS) is 1. The van der Waals surface area contributed by atoms with Gasteiger partial charge in [0.05, 0.1) is 19.8 Å². The molecule has 1 aliphatic heterocycles. The van der Waals surface area contributed by atoms with Crippen LogP contribution in [-0.2, 0) is 17.8 Å². The van der Waals surface area contributed by atoms with E-state index in [4.69, 9.17) is 14.2 Å². The van der Waals surface area contributed by atoms with E-state index in [0.29, 0.717) is 37.4 Å². The number of hydrogen-bond acceptors (Lipinski definition) is 5. The van der Waals surface area contributed by atoms with Crippen molar-refractivity contribution in [1.82, 2.24) is 9.80 Å². The maximum atomic E-state index is 14.0. The maximum absolute atomic E-state index is 14.0. The van der Waals surface area contributed by atoms with Gasteiger partial charge in [0.15, 0.2) is 11.6 Å². The second kappa shape index (κ2) is 12.1. The first kappa shape index (κ1) is 27.8. The van der Waals surface area contributed by atoms with E-state index in [9.17, 15) is 19.1 Å². The van der Waals surface area contributed by atoms with E-state index >= 15 is 0 Å². The predicted octanol–water partition coefficient (Wildman–Crippen LogP) is 5.00. The van der Waals surface area contributed by atoms with Crippen LogP contribution in [0.4, 0.5) is 9.18 Å². The lowest BCUT2D eigenvalue weighted by atomic mass is 9.96. The van der Waals surface area contributed by atoms with Crippen molar-refractivity contribution in [3.8, 4) is 17.2 Å². The number of hydrogen-bond donors (Lipinski definition) is 1. The summed E-state index contributed by atoms with van der Waals surface area (Å²) in [6, 6.07) is 20.5. The summed E-state index contributed by atoms with van der Waals surface area (Å²) in [6.45, 7) is 2.95. The smallest absolute Gasteiger partial charge is 0.348 e. The number of aliphatic carboxylic acids is 1. The van der Waals surface area contributed by atoms with Gasteiger partial charge in [-0.2, -0.15) is 0 Å². The molecule has 39 heavy (non-hydrogen) atoms. The van der Waals surface area contributed by atoms with Crippen molar-refractivity contribution < 1.29 is 33.3 Å². The SMILES string of the molecule is COc1cccc(CN2C[C@H](CCOc3ccc(C[C@](C)(Oc4ccccc4F)C(=O)O)cc3)N(C)C2=O)c1. The summed E-state index contributed by atoms with van der Waals surface area (Å²) in [6.07, 6.45) is 0.696. The molecule has 0 unspecified atom stereocenters. The van der Waals surface area contributed by atoms with Crippen LogP contribution in [0.15, 0.2) is 72.8 Å². The van der Waals surface area contributed by atoms with Gasteiger partial charge in [-0.15, -0.1) is 0 Å². The highest BCUT2D eigenvalue weighted by atomic mass is 19.1. The van der Waals surface area contributed by atoms with Crippen LogP contribution in [0.2, 0.25) is 0 Å². The Labute approximate surface area is 227 Å². The first-order chi connectivity index (χ1) is 18.7. The van der Waals surface area contributed by atoms with Crippen LogP contribution in [0.25, 0.3) is 0 Å². The molecule has 0 aliphatic carbocycles. The quantitative estimate of drug-likeness (QED) is 0.350. The Morgan fingerprint density at radius 1 is 1.05 bits per heavy atom. The zero-order chi connectivity index (χ0) is 28.0. The van der Waals surface area contributed by atoms with E-state index in [1.54, 1.807) is 49.4 Å². The highest BCUT2D eigenvalue weighted by Crippen LogP contribution is 2.27. The van der Waals surface area contributed by atoms with Gasteiger partial charge in [0.2, 0.25) is 5.60 Å². The minimum atomic E-state index is -1.65. The number of rotatable bonds is 12. The molecule has 1 fully saturated rings. The molecule has 0 bridgehead atoms. The Bertz CT molecular complexity index is 1300.